The van der Waals surface area contributed by atoms with Crippen molar-refractivity contribution in [2.75, 3.05) is 11.9 Å². The average molecular weight is 239 g/mol. The van der Waals surface area contributed by atoms with Gasteiger partial charge in [0.15, 0.2) is 5.01 Å². The highest BCUT2D eigenvalue weighted by molar-refractivity contribution is 7.23. The number of anilines is 1. The van der Waals surface area contributed by atoms with Crippen LogP contribution in [-0.4, -0.2) is 16.7 Å². The fourth-order valence-corrected chi connectivity index (χ4v) is 2.86. The Hall–Kier alpha value is -0.940. The van der Waals surface area contributed by atoms with Crippen LogP contribution in [0.5, 0.6) is 0 Å². The van der Waals surface area contributed by atoms with Gasteiger partial charge in [-0.15, -0.1) is 21.5 Å². The summed E-state index contributed by atoms with van der Waals surface area (Å²) in [6.45, 7) is 5.20. The lowest BCUT2D eigenvalue weighted by atomic mass is 10.4. The van der Waals surface area contributed by atoms with Crippen LogP contribution in [-0.2, 0) is 0 Å². The Kier molecular flexibility index (Phi) is 3.33. The van der Waals surface area contributed by atoms with E-state index in [1.807, 2.05) is 0 Å². The molecule has 1 N–H and O–H groups in total. The van der Waals surface area contributed by atoms with E-state index in [4.69, 9.17) is 0 Å². The summed E-state index contributed by atoms with van der Waals surface area (Å²) in [5.74, 6) is 0. The SMILES string of the molecule is CCCNc1nnc(-c2ccc(C)s2)s1. The topological polar surface area (TPSA) is 37.8 Å². The number of hydrogen-bond donors (Lipinski definition) is 1. The van der Waals surface area contributed by atoms with E-state index in [9.17, 15) is 0 Å². The standard InChI is InChI=1S/C10H13N3S2/c1-3-6-11-10-13-12-9(15-10)8-5-4-7(2)14-8/h4-5H,3,6H2,1-2H3,(H,11,13). The quantitative estimate of drug-likeness (QED) is 0.888. The zero-order valence-electron chi connectivity index (χ0n) is 8.78. The van der Waals surface area contributed by atoms with E-state index in [2.05, 4.69) is 41.5 Å². The van der Waals surface area contributed by atoms with Crippen LogP contribution in [0.25, 0.3) is 9.88 Å². The van der Waals surface area contributed by atoms with Crippen LogP contribution in [0.3, 0.4) is 0 Å². The number of aryl methyl sites for hydroxylation is 1. The summed E-state index contributed by atoms with van der Waals surface area (Å²) in [7, 11) is 0. The number of aromatic nitrogens is 2. The average Bonchev–Trinajstić information content (AvgIpc) is 2.83. The first kappa shape index (κ1) is 10.6. The smallest absolute Gasteiger partial charge is 0.206 e. The van der Waals surface area contributed by atoms with Gasteiger partial charge in [0.05, 0.1) is 4.88 Å². The van der Waals surface area contributed by atoms with E-state index in [0.29, 0.717) is 0 Å². The first-order valence-electron chi connectivity index (χ1n) is 4.94. The Balaban J connectivity index is 2.13. The second-order valence-corrected chi connectivity index (χ2v) is 5.51. The Morgan fingerprint density at radius 1 is 1.27 bits per heavy atom. The lowest BCUT2D eigenvalue weighted by Gasteiger charge is -1.95. The Morgan fingerprint density at radius 3 is 2.80 bits per heavy atom. The molecule has 0 bridgehead atoms. The zero-order chi connectivity index (χ0) is 10.7. The number of rotatable bonds is 4. The van der Waals surface area contributed by atoms with Crippen molar-refractivity contribution in [1.82, 2.24) is 10.2 Å². The fraction of sp³-hybridized carbons (Fsp3) is 0.400. The molecule has 15 heavy (non-hydrogen) atoms. The first-order valence-corrected chi connectivity index (χ1v) is 6.57. The summed E-state index contributed by atoms with van der Waals surface area (Å²) < 4.78 is 0. The van der Waals surface area contributed by atoms with Crippen molar-refractivity contribution in [3.8, 4) is 9.88 Å². The van der Waals surface area contributed by atoms with Crippen molar-refractivity contribution < 1.29 is 0 Å². The fourth-order valence-electron chi connectivity index (χ4n) is 1.18. The van der Waals surface area contributed by atoms with Gasteiger partial charge in [-0.1, -0.05) is 18.3 Å². The third-order valence-corrected chi connectivity index (χ3v) is 3.95. The predicted octanol–water partition coefficient (Wildman–Crippen LogP) is 3.40. The van der Waals surface area contributed by atoms with E-state index >= 15 is 0 Å². The molecule has 0 aliphatic carbocycles. The minimum Gasteiger partial charge on any atom is -0.360 e. The number of nitrogens with one attached hydrogen (secondary N) is 1. The van der Waals surface area contributed by atoms with Crippen molar-refractivity contribution in [2.45, 2.75) is 20.3 Å². The van der Waals surface area contributed by atoms with Gasteiger partial charge in [-0.2, -0.15) is 0 Å². The van der Waals surface area contributed by atoms with Gasteiger partial charge >= 0.3 is 0 Å². The third-order valence-electron chi connectivity index (χ3n) is 1.90. The van der Waals surface area contributed by atoms with Gasteiger partial charge < -0.3 is 5.32 Å². The molecule has 0 unspecified atom stereocenters. The highest BCUT2D eigenvalue weighted by Crippen LogP contribution is 2.31. The number of nitrogens with zero attached hydrogens (tertiary/aromatic N) is 2. The molecule has 0 amide bonds. The van der Waals surface area contributed by atoms with Gasteiger partial charge in [0, 0.05) is 11.4 Å². The summed E-state index contributed by atoms with van der Waals surface area (Å²) in [5, 5.41) is 13.4. The third kappa shape index (κ3) is 2.54. The van der Waals surface area contributed by atoms with Crippen LogP contribution in [0.1, 0.15) is 18.2 Å². The molecular formula is C10H13N3S2. The van der Waals surface area contributed by atoms with Crippen LogP contribution in [0.15, 0.2) is 12.1 Å². The maximum Gasteiger partial charge on any atom is 0.206 e. The van der Waals surface area contributed by atoms with Crippen LogP contribution in [0, 0.1) is 6.92 Å². The molecule has 0 aromatic carbocycles. The van der Waals surface area contributed by atoms with E-state index < -0.39 is 0 Å². The van der Waals surface area contributed by atoms with Gasteiger partial charge in [-0.25, -0.2) is 0 Å². The molecule has 2 rings (SSSR count). The van der Waals surface area contributed by atoms with Crippen molar-refractivity contribution in [3.05, 3.63) is 17.0 Å². The highest BCUT2D eigenvalue weighted by atomic mass is 32.1. The van der Waals surface area contributed by atoms with Crippen LogP contribution in [0.4, 0.5) is 5.13 Å². The summed E-state index contributed by atoms with van der Waals surface area (Å²) in [6.07, 6.45) is 1.10. The van der Waals surface area contributed by atoms with Crippen LogP contribution < -0.4 is 5.32 Å². The Labute approximate surface area is 97.2 Å². The second kappa shape index (κ2) is 4.72. The molecule has 80 valence electrons. The maximum absolute atomic E-state index is 4.17. The summed E-state index contributed by atoms with van der Waals surface area (Å²) >= 11 is 3.37. The predicted molar refractivity (Wildman–Crippen MR) is 66.7 cm³/mol. The maximum atomic E-state index is 4.17. The first-order chi connectivity index (χ1) is 7.29. The van der Waals surface area contributed by atoms with E-state index in [1.54, 1.807) is 22.7 Å². The summed E-state index contributed by atoms with van der Waals surface area (Å²) in [6, 6.07) is 4.21. The van der Waals surface area contributed by atoms with Gasteiger partial charge in [0.1, 0.15) is 0 Å². The molecule has 2 heterocycles. The molecule has 5 heteroatoms. The molecule has 0 atom stereocenters. The van der Waals surface area contributed by atoms with Gasteiger partial charge in [-0.3, -0.25) is 0 Å². The van der Waals surface area contributed by atoms with Crippen molar-refractivity contribution in [1.29, 1.82) is 0 Å². The largest absolute Gasteiger partial charge is 0.360 e. The lowest BCUT2D eigenvalue weighted by Crippen LogP contribution is -1.98. The molecule has 0 fully saturated rings. The molecule has 2 aromatic heterocycles. The Bertz CT molecular complexity index is 433. The molecular weight excluding hydrogens is 226 g/mol. The number of hydrogen-bond acceptors (Lipinski definition) is 5. The molecule has 2 aromatic rings. The second-order valence-electron chi connectivity index (χ2n) is 3.25. The van der Waals surface area contributed by atoms with Crippen molar-refractivity contribution >= 4 is 27.8 Å². The molecule has 0 saturated heterocycles. The molecule has 0 saturated carbocycles. The lowest BCUT2D eigenvalue weighted by molar-refractivity contribution is 0.964. The zero-order valence-corrected chi connectivity index (χ0v) is 10.4. The van der Waals surface area contributed by atoms with Crippen molar-refractivity contribution in [2.24, 2.45) is 0 Å². The van der Waals surface area contributed by atoms with Crippen LogP contribution >= 0.6 is 22.7 Å². The van der Waals surface area contributed by atoms with Gasteiger partial charge in [-0.05, 0) is 25.5 Å². The minimum absolute atomic E-state index is 0.915. The summed E-state index contributed by atoms with van der Waals surface area (Å²) in [5.41, 5.74) is 0. The molecule has 0 aliphatic heterocycles. The molecule has 0 spiro atoms. The van der Waals surface area contributed by atoms with Gasteiger partial charge in [0.2, 0.25) is 5.13 Å². The van der Waals surface area contributed by atoms with E-state index in [1.165, 1.54) is 9.75 Å². The van der Waals surface area contributed by atoms with Gasteiger partial charge in [0.25, 0.3) is 0 Å². The monoisotopic (exact) mass is 239 g/mol. The Morgan fingerprint density at radius 2 is 2.13 bits per heavy atom. The number of thiophene rings is 1. The molecule has 0 radical (unpaired) electrons. The normalized spacial score (nSPS) is 10.5. The summed E-state index contributed by atoms with van der Waals surface area (Å²) in [4.78, 5) is 2.51. The minimum atomic E-state index is 0.915. The van der Waals surface area contributed by atoms with Crippen molar-refractivity contribution in [3.63, 3.8) is 0 Å². The van der Waals surface area contributed by atoms with Crippen LogP contribution in [0.2, 0.25) is 0 Å². The highest BCUT2D eigenvalue weighted by Gasteiger charge is 2.07. The molecule has 3 nitrogen and oxygen atoms in total. The van der Waals surface area contributed by atoms with E-state index in [-0.39, 0.29) is 0 Å². The molecule has 0 aliphatic rings. The van der Waals surface area contributed by atoms with E-state index in [0.717, 1.165) is 23.1 Å².